The normalized spacial score (nSPS) is 22.4. The van der Waals surface area contributed by atoms with Crippen LogP contribution in [0.1, 0.15) is 42.7 Å². The van der Waals surface area contributed by atoms with E-state index >= 15 is 0 Å². The number of carbonyl (C=O) groups excluding carboxylic acids is 2. The zero-order valence-corrected chi connectivity index (χ0v) is 19.1. The van der Waals surface area contributed by atoms with E-state index in [-0.39, 0.29) is 23.9 Å². The molecule has 0 N–H and O–H groups in total. The van der Waals surface area contributed by atoms with Crippen molar-refractivity contribution >= 4 is 17.5 Å². The zero-order chi connectivity index (χ0) is 23.7. The topological polar surface area (TPSA) is 74.2 Å². The third kappa shape index (κ3) is 4.15. The number of halogens is 1. The van der Waals surface area contributed by atoms with Crippen molar-refractivity contribution in [2.24, 2.45) is 10.9 Å². The molecule has 2 aromatic rings. The van der Waals surface area contributed by atoms with Crippen LogP contribution in [-0.4, -0.2) is 38.8 Å². The highest BCUT2D eigenvalue weighted by atomic mass is 19.1. The van der Waals surface area contributed by atoms with Crippen molar-refractivity contribution in [3.8, 4) is 11.5 Å². The second-order valence-corrected chi connectivity index (χ2v) is 8.29. The van der Waals surface area contributed by atoms with E-state index in [1.165, 1.54) is 19.2 Å². The van der Waals surface area contributed by atoms with E-state index in [4.69, 9.17) is 19.2 Å². The maximum atomic E-state index is 13.6. The molecule has 172 valence electrons. The quantitative estimate of drug-likeness (QED) is 0.622. The van der Waals surface area contributed by atoms with Crippen molar-refractivity contribution in [2.75, 3.05) is 21.3 Å². The summed E-state index contributed by atoms with van der Waals surface area (Å²) in [7, 11) is 4.46. The van der Waals surface area contributed by atoms with E-state index in [1.54, 1.807) is 33.3 Å². The van der Waals surface area contributed by atoms with Gasteiger partial charge in [0.25, 0.3) is 0 Å². The first-order valence-corrected chi connectivity index (χ1v) is 10.7. The lowest BCUT2D eigenvalue weighted by molar-refractivity contribution is -0.143. The molecule has 4 rings (SSSR count). The van der Waals surface area contributed by atoms with E-state index < -0.39 is 17.8 Å². The average Bonchev–Trinajstić information content (AvgIpc) is 2.82. The number of allylic oxidation sites excluding steroid dienone is 2. The monoisotopic (exact) mass is 451 g/mol. The van der Waals surface area contributed by atoms with Gasteiger partial charge >= 0.3 is 5.97 Å². The van der Waals surface area contributed by atoms with E-state index in [0.29, 0.717) is 40.5 Å². The van der Waals surface area contributed by atoms with Crippen molar-refractivity contribution in [1.29, 1.82) is 0 Å². The lowest BCUT2D eigenvalue weighted by Gasteiger charge is -2.36. The molecule has 1 aliphatic carbocycles. The van der Waals surface area contributed by atoms with Crippen molar-refractivity contribution in [3.05, 3.63) is 70.7 Å². The van der Waals surface area contributed by atoms with Crippen molar-refractivity contribution in [2.45, 2.75) is 31.6 Å². The summed E-state index contributed by atoms with van der Waals surface area (Å²) in [6.45, 7) is 1.77. The Balaban J connectivity index is 1.78. The first-order chi connectivity index (χ1) is 15.9. The molecule has 7 heteroatoms. The van der Waals surface area contributed by atoms with Crippen LogP contribution in [0.2, 0.25) is 0 Å². The molecule has 3 atom stereocenters. The van der Waals surface area contributed by atoms with Gasteiger partial charge in [0.2, 0.25) is 0 Å². The Hall–Kier alpha value is -3.48. The van der Waals surface area contributed by atoms with Gasteiger partial charge in [0.05, 0.1) is 21.3 Å². The molecule has 6 nitrogen and oxygen atoms in total. The van der Waals surface area contributed by atoms with Crippen LogP contribution >= 0.6 is 0 Å². The number of methoxy groups -OCH3 is 3. The van der Waals surface area contributed by atoms with Crippen LogP contribution < -0.4 is 9.47 Å². The lowest BCUT2D eigenvalue weighted by atomic mass is 9.69. The van der Waals surface area contributed by atoms with Gasteiger partial charge in [0.1, 0.15) is 11.7 Å². The van der Waals surface area contributed by atoms with Crippen LogP contribution in [0.4, 0.5) is 4.39 Å². The van der Waals surface area contributed by atoms with Crippen LogP contribution in [0.25, 0.3) is 0 Å². The minimum absolute atomic E-state index is 0.0736. The molecule has 1 aliphatic heterocycles. The second-order valence-electron chi connectivity index (χ2n) is 8.29. The lowest BCUT2D eigenvalue weighted by Crippen LogP contribution is -2.37. The van der Waals surface area contributed by atoms with E-state index in [0.717, 1.165) is 5.56 Å². The Morgan fingerprint density at radius 2 is 1.64 bits per heavy atom. The minimum Gasteiger partial charge on any atom is -0.493 e. The highest BCUT2D eigenvalue weighted by Crippen LogP contribution is 2.47. The first kappa shape index (κ1) is 22.7. The number of ether oxygens (including phenoxy) is 3. The number of aliphatic imine (C=N–C) groups is 1. The molecule has 0 saturated heterocycles. The molecule has 0 bridgehead atoms. The number of hydrogen-bond donors (Lipinski definition) is 0. The van der Waals surface area contributed by atoms with E-state index in [1.807, 2.05) is 18.2 Å². The minimum atomic E-state index is -0.735. The molecule has 1 heterocycles. The Morgan fingerprint density at radius 1 is 0.970 bits per heavy atom. The number of hydrogen-bond acceptors (Lipinski definition) is 6. The molecular formula is C26H26FNO5. The molecule has 1 unspecified atom stereocenters. The third-order valence-corrected chi connectivity index (χ3v) is 6.45. The molecule has 0 saturated carbocycles. The van der Waals surface area contributed by atoms with Gasteiger partial charge in [-0.1, -0.05) is 18.2 Å². The summed E-state index contributed by atoms with van der Waals surface area (Å²) in [6.07, 6.45) is 0.813. The predicted octanol–water partition coefficient (Wildman–Crippen LogP) is 4.59. The molecule has 2 aliphatic rings. The summed E-state index contributed by atoms with van der Waals surface area (Å²) in [5.41, 5.74) is 3.40. The van der Waals surface area contributed by atoms with E-state index in [2.05, 4.69) is 0 Å². The fourth-order valence-electron chi connectivity index (χ4n) is 4.86. The van der Waals surface area contributed by atoms with Crippen LogP contribution in [0.5, 0.6) is 11.5 Å². The number of carbonyl (C=O) groups is 2. The number of esters is 1. The van der Waals surface area contributed by atoms with Crippen LogP contribution in [0.15, 0.2) is 58.7 Å². The Morgan fingerprint density at radius 3 is 2.27 bits per heavy atom. The van der Waals surface area contributed by atoms with Gasteiger partial charge in [-0.15, -0.1) is 0 Å². The summed E-state index contributed by atoms with van der Waals surface area (Å²) >= 11 is 0. The fraction of sp³-hybridized carbons (Fsp3) is 0.346. The third-order valence-electron chi connectivity index (χ3n) is 6.45. The van der Waals surface area contributed by atoms with Crippen molar-refractivity contribution < 1.29 is 28.2 Å². The molecular weight excluding hydrogens is 425 g/mol. The number of benzene rings is 2. The van der Waals surface area contributed by atoms with Gasteiger partial charge in [-0.2, -0.15) is 0 Å². The summed E-state index contributed by atoms with van der Waals surface area (Å²) in [5.74, 6) is -1.09. The maximum absolute atomic E-state index is 13.6. The summed E-state index contributed by atoms with van der Waals surface area (Å²) in [6, 6.07) is 11.6. The molecule has 0 amide bonds. The van der Waals surface area contributed by atoms with Gasteiger partial charge in [-0.25, -0.2) is 4.39 Å². The molecule has 0 aromatic heterocycles. The molecule has 0 spiro atoms. The summed E-state index contributed by atoms with van der Waals surface area (Å²) in [5, 5.41) is 0. The largest absolute Gasteiger partial charge is 0.493 e. The Labute approximate surface area is 192 Å². The van der Waals surface area contributed by atoms with Crippen LogP contribution in [0, 0.1) is 11.7 Å². The predicted molar refractivity (Wildman–Crippen MR) is 121 cm³/mol. The SMILES string of the molecule is COC(=O)C1C(C)=NC2=C(C(=O)C[C@H](c3ccc(OC)c(OC)c3)C2)[C@H]1c1ccc(F)cc1. The Bertz CT molecular complexity index is 1150. The maximum Gasteiger partial charge on any atom is 0.315 e. The highest BCUT2D eigenvalue weighted by Gasteiger charge is 2.44. The van der Waals surface area contributed by atoms with Crippen molar-refractivity contribution in [3.63, 3.8) is 0 Å². The van der Waals surface area contributed by atoms with Gasteiger partial charge in [-0.05, 0) is 54.7 Å². The van der Waals surface area contributed by atoms with Crippen LogP contribution in [-0.2, 0) is 14.3 Å². The van der Waals surface area contributed by atoms with Crippen LogP contribution in [0.3, 0.4) is 0 Å². The smallest absolute Gasteiger partial charge is 0.315 e. The van der Waals surface area contributed by atoms with E-state index in [9.17, 15) is 14.0 Å². The average molecular weight is 451 g/mol. The molecule has 0 radical (unpaired) electrons. The number of Topliss-reactive ketones (excluding diaryl/α,β-unsaturated/α-hetero) is 1. The summed E-state index contributed by atoms with van der Waals surface area (Å²) in [4.78, 5) is 30.9. The first-order valence-electron chi connectivity index (χ1n) is 10.7. The zero-order valence-electron chi connectivity index (χ0n) is 19.1. The molecule has 0 fully saturated rings. The summed E-state index contributed by atoms with van der Waals surface area (Å²) < 4.78 is 29.4. The highest BCUT2D eigenvalue weighted by molar-refractivity contribution is 6.09. The number of rotatable bonds is 5. The number of ketones is 1. The molecule has 33 heavy (non-hydrogen) atoms. The standard InChI is InChI=1S/C26H26FNO5/c1-14-23(26(30)33-4)24(15-5-8-18(27)9-6-15)25-19(28-14)11-17(12-20(25)29)16-7-10-21(31-2)22(13-16)32-3/h5-10,13,17,23-24H,11-12H2,1-4H3/t17-,23?,24+/m1/s1. The van der Waals surface area contributed by atoms with Gasteiger partial charge in [0, 0.05) is 29.3 Å². The van der Waals surface area contributed by atoms with Crippen molar-refractivity contribution in [1.82, 2.24) is 0 Å². The molecule has 2 aromatic carbocycles. The second kappa shape index (κ2) is 9.17. The number of nitrogens with zero attached hydrogens (tertiary/aromatic N) is 1. The fourth-order valence-corrected chi connectivity index (χ4v) is 4.86. The van der Waals surface area contributed by atoms with Gasteiger partial charge in [0.15, 0.2) is 17.3 Å². The van der Waals surface area contributed by atoms with Gasteiger partial charge in [-0.3, -0.25) is 14.6 Å². The Kier molecular flexibility index (Phi) is 6.31. The van der Waals surface area contributed by atoms with Gasteiger partial charge < -0.3 is 14.2 Å².